The lowest BCUT2D eigenvalue weighted by Gasteiger charge is -2.48. The van der Waals surface area contributed by atoms with E-state index in [4.69, 9.17) is 4.74 Å². The molecule has 20 heavy (non-hydrogen) atoms. The summed E-state index contributed by atoms with van der Waals surface area (Å²) >= 11 is 0. The maximum atomic E-state index is 11.9. The van der Waals surface area contributed by atoms with Crippen LogP contribution in [-0.2, 0) is 4.74 Å². The molecule has 0 atom stereocenters. The summed E-state index contributed by atoms with van der Waals surface area (Å²) in [4.78, 5) is 17.8. The smallest absolute Gasteiger partial charge is 0.410 e. The molecule has 1 aromatic heterocycles. The first kappa shape index (κ1) is 14.6. The van der Waals surface area contributed by atoms with Crippen LogP contribution in [0.1, 0.15) is 33.4 Å². The number of carbonyl (C=O) groups excluding carboxylic acids is 1. The Balaban J connectivity index is 1.89. The van der Waals surface area contributed by atoms with Crippen LogP contribution in [0, 0.1) is 6.92 Å². The molecule has 1 N–H and O–H groups in total. The molecule has 0 radical (unpaired) electrons. The number of hydrogen-bond acceptors (Lipinski definition) is 4. The van der Waals surface area contributed by atoms with Gasteiger partial charge in [-0.05, 0) is 46.8 Å². The highest BCUT2D eigenvalue weighted by Crippen LogP contribution is 2.27. The van der Waals surface area contributed by atoms with Crippen molar-refractivity contribution in [2.45, 2.75) is 45.8 Å². The van der Waals surface area contributed by atoms with Crippen molar-refractivity contribution >= 4 is 11.8 Å². The Bertz CT molecular complexity index is 502. The van der Waals surface area contributed by atoms with Crippen LogP contribution in [0.25, 0.3) is 0 Å². The third kappa shape index (κ3) is 3.62. The molecule has 0 aromatic carbocycles. The number of aromatic nitrogens is 1. The molecule has 5 heteroatoms. The van der Waals surface area contributed by atoms with E-state index < -0.39 is 5.60 Å². The molecule has 0 saturated carbocycles. The number of carbonyl (C=O) groups is 1. The zero-order valence-corrected chi connectivity index (χ0v) is 12.9. The van der Waals surface area contributed by atoms with Crippen molar-refractivity contribution in [2.24, 2.45) is 0 Å². The first-order valence-corrected chi connectivity index (χ1v) is 6.86. The lowest BCUT2D eigenvalue weighted by molar-refractivity contribution is -0.00123. The molecule has 1 saturated heterocycles. The molecule has 1 aliphatic rings. The van der Waals surface area contributed by atoms with Gasteiger partial charge in [-0.3, -0.25) is 4.98 Å². The van der Waals surface area contributed by atoms with Crippen molar-refractivity contribution < 1.29 is 9.53 Å². The summed E-state index contributed by atoms with van der Waals surface area (Å²) in [6, 6.07) is 3.94. The number of likely N-dealkylation sites (tertiary alicyclic amines) is 1. The minimum absolute atomic E-state index is 0.106. The van der Waals surface area contributed by atoms with Crippen molar-refractivity contribution in [1.82, 2.24) is 9.88 Å². The molecule has 1 aromatic rings. The molecule has 0 spiro atoms. The molecule has 2 heterocycles. The number of nitrogens with zero attached hydrogens (tertiary/aromatic N) is 2. The zero-order chi connectivity index (χ0) is 15.0. The van der Waals surface area contributed by atoms with Gasteiger partial charge in [-0.2, -0.15) is 0 Å². The molecular weight excluding hydrogens is 254 g/mol. The molecule has 5 nitrogen and oxygen atoms in total. The molecule has 1 fully saturated rings. The second-order valence-electron chi connectivity index (χ2n) is 6.71. The van der Waals surface area contributed by atoms with Crippen LogP contribution >= 0.6 is 0 Å². The highest BCUT2D eigenvalue weighted by molar-refractivity contribution is 5.70. The van der Waals surface area contributed by atoms with E-state index in [-0.39, 0.29) is 11.6 Å². The minimum atomic E-state index is -0.446. The fourth-order valence-corrected chi connectivity index (χ4v) is 2.30. The second kappa shape index (κ2) is 4.96. The molecule has 110 valence electrons. The number of aryl methyl sites for hydroxylation is 1. The Kier molecular flexibility index (Phi) is 3.63. The molecule has 0 aliphatic carbocycles. The fraction of sp³-hybridized carbons (Fsp3) is 0.600. The lowest BCUT2D eigenvalue weighted by atomic mass is 9.92. The Morgan fingerprint density at radius 1 is 1.45 bits per heavy atom. The van der Waals surface area contributed by atoms with Crippen molar-refractivity contribution in [3.05, 3.63) is 24.0 Å². The molecular formula is C15H23N3O2. The summed E-state index contributed by atoms with van der Waals surface area (Å²) in [6.07, 6.45) is 1.54. The third-order valence-electron chi connectivity index (χ3n) is 3.07. The normalized spacial score (nSPS) is 17.4. The van der Waals surface area contributed by atoms with Crippen LogP contribution in [-0.4, -0.2) is 40.2 Å². The van der Waals surface area contributed by atoms with Crippen molar-refractivity contribution in [3.63, 3.8) is 0 Å². The van der Waals surface area contributed by atoms with Gasteiger partial charge < -0.3 is 15.0 Å². The quantitative estimate of drug-likeness (QED) is 0.903. The van der Waals surface area contributed by atoms with Gasteiger partial charge in [-0.1, -0.05) is 0 Å². The maximum Gasteiger partial charge on any atom is 0.410 e. The van der Waals surface area contributed by atoms with E-state index >= 15 is 0 Å². The first-order valence-electron chi connectivity index (χ1n) is 6.86. The lowest BCUT2D eigenvalue weighted by Crippen LogP contribution is -2.66. The topological polar surface area (TPSA) is 54.5 Å². The van der Waals surface area contributed by atoms with Gasteiger partial charge in [0.05, 0.1) is 5.54 Å². The fourth-order valence-electron chi connectivity index (χ4n) is 2.30. The number of pyridine rings is 1. The van der Waals surface area contributed by atoms with Gasteiger partial charge in [0.25, 0.3) is 0 Å². The number of nitrogens with one attached hydrogen (secondary N) is 1. The van der Waals surface area contributed by atoms with Gasteiger partial charge >= 0.3 is 6.09 Å². The van der Waals surface area contributed by atoms with E-state index in [0.717, 1.165) is 11.4 Å². The molecule has 1 aliphatic heterocycles. The van der Waals surface area contributed by atoms with Crippen LogP contribution in [0.15, 0.2) is 18.3 Å². The molecule has 0 unspecified atom stereocenters. The predicted octanol–water partition coefficient (Wildman–Crippen LogP) is 2.81. The van der Waals surface area contributed by atoms with Crippen LogP contribution < -0.4 is 5.32 Å². The molecule has 0 bridgehead atoms. The standard InChI is InChI=1S/C15H23N3O2/c1-11-8-12(6-7-16-11)17-15(5)9-18(10-15)13(19)20-14(2,3)4/h6-8H,9-10H2,1-5H3,(H,16,17). The van der Waals surface area contributed by atoms with Gasteiger partial charge in [0.15, 0.2) is 0 Å². The summed E-state index contributed by atoms with van der Waals surface area (Å²) in [5, 5.41) is 3.45. The average Bonchev–Trinajstić information content (AvgIpc) is 2.23. The zero-order valence-electron chi connectivity index (χ0n) is 12.9. The summed E-state index contributed by atoms with van der Waals surface area (Å²) in [6.45, 7) is 11.0. The number of anilines is 1. The number of hydrogen-bond donors (Lipinski definition) is 1. The number of ether oxygens (including phenoxy) is 1. The van der Waals surface area contributed by atoms with E-state index in [2.05, 4.69) is 17.2 Å². The number of amides is 1. The molecule has 1 amide bonds. The van der Waals surface area contributed by atoms with Gasteiger partial charge in [-0.25, -0.2) is 4.79 Å². The van der Waals surface area contributed by atoms with Gasteiger partial charge in [-0.15, -0.1) is 0 Å². The Morgan fingerprint density at radius 3 is 2.65 bits per heavy atom. The van der Waals surface area contributed by atoms with Crippen molar-refractivity contribution in [3.8, 4) is 0 Å². The largest absolute Gasteiger partial charge is 0.444 e. The summed E-state index contributed by atoms with van der Waals surface area (Å²) in [5.41, 5.74) is 1.45. The Hall–Kier alpha value is -1.78. The first-order chi connectivity index (χ1) is 9.17. The Morgan fingerprint density at radius 2 is 2.10 bits per heavy atom. The molecule has 2 rings (SSSR count). The highest BCUT2D eigenvalue weighted by Gasteiger charge is 2.42. The third-order valence-corrected chi connectivity index (χ3v) is 3.07. The Labute approximate surface area is 120 Å². The SMILES string of the molecule is Cc1cc(NC2(C)CN(C(=O)OC(C)(C)C)C2)ccn1. The maximum absolute atomic E-state index is 11.9. The van der Waals surface area contributed by atoms with Gasteiger partial charge in [0, 0.05) is 30.7 Å². The van der Waals surface area contributed by atoms with Gasteiger partial charge in [0.2, 0.25) is 0 Å². The summed E-state index contributed by atoms with van der Waals surface area (Å²) in [7, 11) is 0. The van der Waals surface area contributed by atoms with Crippen LogP contribution in [0.5, 0.6) is 0 Å². The van der Waals surface area contributed by atoms with E-state index in [1.54, 1.807) is 11.1 Å². The van der Waals surface area contributed by atoms with E-state index in [0.29, 0.717) is 13.1 Å². The van der Waals surface area contributed by atoms with Crippen LogP contribution in [0.4, 0.5) is 10.5 Å². The van der Waals surface area contributed by atoms with Crippen molar-refractivity contribution in [2.75, 3.05) is 18.4 Å². The van der Waals surface area contributed by atoms with E-state index in [9.17, 15) is 4.79 Å². The summed E-state index contributed by atoms with van der Waals surface area (Å²) < 4.78 is 5.35. The minimum Gasteiger partial charge on any atom is -0.444 e. The van der Waals surface area contributed by atoms with Crippen molar-refractivity contribution in [1.29, 1.82) is 0 Å². The number of rotatable bonds is 2. The summed E-state index contributed by atoms with van der Waals surface area (Å²) in [5.74, 6) is 0. The second-order valence-corrected chi connectivity index (χ2v) is 6.71. The van der Waals surface area contributed by atoms with Crippen LogP contribution in [0.3, 0.4) is 0 Å². The monoisotopic (exact) mass is 277 g/mol. The predicted molar refractivity (Wildman–Crippen MR) is 78.8 cm³/mol. The van der Waals surface area contributed by atoms with E-state index in [1.807, 2.05) is 39.8 Å². The van der Waals surface area contributed by atoms with Crippen LogP contribution in [0.2, 0.25) is 0 Å². The average molecular weight is 277 g/mol. The van der Waals surface area contributed by atoms with E-state index in [1.165, 1.54) is 0 Å². The highest BCUT2D eigenvalue weighted by atomic mass is 16.6. The van der Waals surface area contributed by atoms with Gasteiger partial charge in [0.1, 0.15) is 5.60 Å².